The molecule has 1 atom stereocenters. The van der Waals surface area contributed by atoms with Crippen LogP contribution in [0.1, 0.15) is 30.5 Å². The van der Waals surface area contributed by atoms with Crippen LogP contribution in [0.5, 0.6) is 0 Å². The van der Waals surface area contributed by atoms with E-state index in [-0.39, 0.29) is 35.5 Å². The Morgan fingerprint density at radius 1 is 0.923 bits per heavy atom. The fraction of sp³-hybridized carbons (Fsp3) is 0.333. The molecular weight excluding hydrogens is 534 g/mol. The topological polar surface area (TPSA) is 86.8 Å². The molecule has 0 spiro atoms. The normalized spacial score (nSPS) is 12.2. The number of rotatable bonds is 12. The second-order valence-corrected chi connectivity index (χ2v) is 12.3. The van der Waals surface area contributed by atoms with Crippen LogP contribution in [0.15, 0.2) is 78.9 Å². The molecule has 2 amide bonds. The smallest absolute Gasteiger partial charge is 0.244 e. The zero-order valence-corrected chi connectivity index (χ0v) is 24.4. The van der Waals surface area contributed by atoms with E-state index >= 15 is 0 Å². The number of para-hydroxylation sites is 1. The van der Waals surface area contributed by atoms with Crippen LogP contribution in [0.25, 0.3) is 0 Å². The first-order chi connectivity index (χ1) is 18.5. The summed E-state index contributed by atoms with van der Waals surface area (Å²) in [4.78, 5) is 29.2. The first-order valence-corrected chi connectivity index (χ1v) is 15.1. The van der Waals surface area contributed by atoms with E-state index in [1.165, 1.54) is 4.90 Å². The molecule has 7 nitrogen and oxygen atoms in total. The Kier molecular flexibility index (Phi) is 10.5. The molecule has 39 heavy (non-hydrogen) atoms. The molecule has 9 heteroatoms. The molecule has 0 aromatic heterocycles. The Morgan fingerprint density at radius 3 is 2.15 bits per heavy atom. The summed E-state index contributed by atoms with van der Waals surface area (Å²) >= 11 is 6.33. The van der Waals surface area contributed by atoms with Gasteiger partial charge >= 0.3 is 0 Å². The Bertz CT molecular complexity index is 1380. The molecule has 0 bridgehead atoms. The Hall–Kier alpha value is -3.36. The Morgan fingerprint density at radius 2 is 1.54 bits per heavy atom. The van der Waals surface area contributed by atoms with Crippen LogP contribution in [0.3, 0.4) is 0 Å². The lowest BCUT2D eigenvalue weighted by Gasteiger charge is -2.34. The van der Waals surface area contributed by atoms with Crippen molar-refractivity contribution in [3.05, 3.63) is 101 Å². The van der Waals surface area contributed by atoms with E-state index in [0.29, 0.717) is 6.54 Å². The second kappa shape index (κ2) is 13.6. The fourth-order valence-electron chi connectivity index (χ4n) is 4.20. The first-order valence-electron chi connectivity index (χ1n) is 12.8. The van der Waals surface area contributed by atoms with Crippen LogP contribution in [0, 0.1) is 12.8 Å². The summed E-state index contributed by atoms with van der Waals surface area (Å²) in [5.41, 5.74) is 2.91. The van der Waals surface area contributed by atoms with E-state index in [4.69, 9.17) is 11.6 Å². The van der Waals surface area contributed by atoms with E-state index in [1.807, 2.05) is 75.4 Å². The quantitative estimate of drug-likeness (QED) is 0.338. The minimum absolute atomic E-state index is 0.137. The molecule has 0 aliphatic heterocycles. The average Bonchev–Trinajstić information content (AvgIpc) is 2.89. The van der Waals surface area contributed by atoms with Crippen molar-refractivity contribution in [1.82, 2.24) is 10.2 Å². The number of carbonyl (C=O) groups is 2. The van der Waals surface area contributed by atoms with Crippen molar-refractivity contribution in [2.75, 3.05) is 23.7 Å². The molecule has 0 radical (unpaired) electrons. The zero-order valence-electron chi connectivity index (χ0n) is 22.8. The number of sulfonamides is 1. The molecule has 3 rings (SSSR count). The highest BCUT2D eigenvalue weighted by atomic mass is 35.5. The van der Waals surface area contributed by atoms with Gasteiger partial charge in [-0.25, -0.2) is 8.42 Å². The molecule has 208 valence electrons. The van der Waals surface area contributed by atoms with E-state index in [9.17, 15) is 18.0 Å². The van der Waals surface area contributed by atoms with E-state index in [2.05, 4.69) is 5.32 Å². The van der Waals surface area contributed by atoms with Gasteiger partial charge in [-0.05, 0) is 41.7 Å². The van der Waals surface area contributed by atoms with Gasteiger partial charge in [-0.3, -0.25) is 13.9 Å². The molecule has 0 saturated heterocycles. The second-order valence-electron chi connectivity index (χ2n) is 10.0. The van der Waals surface area contributed by atoms with Crippen molar-refractivity contribution in [3.63, 3.8) is 0 Å². The Labute approximate surface area is 236 Å². The van der Waals surface area contributed by atoms with Gasteiger partial charge < -0.3 is 10.2 Å². The minimum Gasteiger partial charge on any atom is -0.354 e. The number of nitrogens with one attached hydrogen (secondary N) is 1. The molecule has 0 fully saturated rings. The van der Waals surface area contributed by atoms with Crippen molar-refractivity contribution in [1.29, 1.82) is 0 Å². The highest BCUT2D eigenvalue weighted by Gasteiger charge is 2.33. The van der Waals surface area contributed by atoms with Crippen molar-refractivity contribution < 1.29 is 18.0 Å². The van der Waals surface area contributed by atoms with Gasteiger partial charge in [0.25, 0.3) is 0 Å². The zero-order chi connectivity index (χ0) is 28.6. The first kappa shape index (κ1) is 30.2. The predicted octanol–water partition coefficient (Wildman–Crippen LogP) is 4.83. The van der Waals surface area contributed by atoms with Gasteiger partial charge in [-0.15, -0.1) is 0 Å². The third-order valence-electron chi connectivity index (χ3n) is 6.36. The SMILES string of the molecule is Cc1ccccc1CN(C(=O)CN(c1ccccc1Cl)S(C)(=O)=O)C(Cc1ccccc1)C(=O)NCC(C)C. The third-order valence-corrected chi connectivity index (χ3v) is 7.80. The number of carbonyl (C=O) groups excluding carboxylic acids is 2. The van der Waals surface area contributed by atoms with Crippen molar-refractivity contribution in [2.45, 2.75) is 39.8 Å². The lowest BCUT2D eigenvalue weighted by atomic mass is 10.0. The number of halogens is 1. The number of hydrogen-bond acceptors (Lipinski definition) is 4. The fourth-order valence-corrected chi connectivity index (χ4v) is 5.35. The molecular formula is C30H36ClN3O4S. The molecule has 3 aromatic carbocycles. The summed E-state index contributed by atoms with van der Waals surface area (Å²) in [6.07, 6.45) is 1.31. The molecule has 0 heterocycles. The van der Waals surface area contributed by atoms with E-state index in [1.54, 1.807) is 24.3 Å². The van der Waals surface area contributed by atoms with Gasteiger partial charge in [0.15, 0.2) is 0 Å². The van der Waals surface area contributed by atoms with Gasteiger partial charge in [0.1, 0.15) is 12.6 Å². The number of anilines is 1. The third kappa shape index (κ3) is 8.57. The predicted molar refractivity (Wildman–Crippen MR) is 157 cm³/mol. The summed E-state index contributed by atoms with van der Waals surface area (Å²) in [7, 11) is -3.88. The maximum atomic E-state index is 14.1. The highest BCUT2D eigenvalue weighted by molar-refractivity contribution is 7.92. The van der Waals surface area contributed by atoms with Crippen LogP contribution >= 0.6 is 11.6 Å². The molecule has 0 aliphatic rings. The standard InChI is InChI=1S/C30H36ClN3O4S/c1-22(2)19-32-30(36)28(18-24-13-6-5-7-14-24)33(20-25-15-9-8-12-23(25)3)29(35)21-34(39(4,37)38)27-17-11-10-16-26(27)31/h5-17,22,28H,18-21H2,1-4H3,(H,32,36). The number of amides is 2. The highest BCUT2D eigenvalue weighted by Crippen LogP contribution is 2.28. The van der Waals surface area contributed by atoms with E-state index in [0.717, 1.165) is 27.3 Å². The van der Waals surface area contributed by atoms with Crippen LogP contribution in [-0.4, -0.2) is 50.5 Å². The van der Waals surface area contributed by atoms with Gasteiger partial charge in [-0.1, -0.05) is 92.2 Å². The number of benzene rings is 3. The van der Waals surface area contributed by atoms with Crippen molar-refractivity contribution in [3.8, 4) is 0 Å². The molecule has 1 unspecified atom stereocenters. The number of aryl methyl sites for hydroxylation is 1. The van der Waals surface area contributed by atoms with Crippen molar-refractivity contribution >= 4 is 39.1 Å². The molecule has 3 aromatic rings. The summed E-state index contributed by atoms with van der Waals surface area (Å²) in [5.74, 6) is -0.588. The summed E-state index contributed by atoms with van der Waals surface area (Å²) in [5, 5.41) is 3.18. The largest absolute Gasteiger partial charge is 0.354 e. The molecule has 0 aliphatic carbocycles. The summed E-state index contributed by atoms with van der Waals surface area (Å²) in [6, 6.07) is 22.7. The minimum atomic E-state index is -3.88. The van der Waals surface area contributed by atoms with Gasteiger partial charge in [0.05, 0.1) is 17.0 Å². The lowest BCUT2D eigenvalue weighted by Crippen LogP contribution is -2.53. The molecule has 0 saturated carbocycles. The maximum Gasteiger partial charge on any atom is 0.244 e. The monoisotopic (exact) mass is 569 g/mol. The summed E-state index contributed by atoms with van der Waals surface area (Å²) in [6.45, 7) is 6.02. The van der Waals surface area contributed by atoms with Crippen LogP contribution in [-0.2, 0) is 32.6 Å². The number of hydrogen-bond donors (Lipinski definition) is 1. The average molecular weight is 570 g/mol. The van der Waals surface area contributed by atoms with Crippen LogP contribution in [0.4, 0.5) is 5.69 Å². The number of nitrogens with zero attached hydrogens (tertiary/aromatic N) is 2. The van der Waals surface area contributed by atoms with Gasteiger partial charge in [0.2, 0.25) is 21.8 Å². The Balaban J connectivity index is 2.06. The van der Waals surface area contributed by atoms with E-state index < -0.39 is 28.5 Å². The van der Waals surface area contributed by atoms with Gasteiger partial charge in [0, 0.05) is 19.5 Å². The van der Waals surface area contributed by atoms with Gasteiger partial charge in [-0.2, -0.15) is 0 Å². The molecule has 1 N–H and O–H groups in total. The summed E-state index contributed by atoms with van der Waals surface area (Å²) < 4.78 is 26.7. The maximum absolute atomic E-state index is 14.1. The lowest BCUT2D eigenvalue weighted by molar-refractivity contribution is -0.140. The van der Waals surface area contributed by atoms with Crippen LogP contribution < -0.4 is 9.62 Å². The van der Waals surface area contributed by atoms with Crippen molar-refractivity contribution in [2.24, 2.45) is 5.92 Å². The van der Waals surface area contributed by atoms with Crippen LogP contribution in [0.2, 0.25) is 5.02 Å².